The van der Waals surface area contributed by atoms with Crippen molar-refractivity contribution in [2.75, 3.05) is 5.73 Å². The maximum Gasteiger partial charge on any atom is 0.416 e. The molecule has 0 atom stereocenters. The van der Waals surface area contributed by atoms with Gasteiger partial charge in [0.2, 0.25) is 0 Å². The van der Waals surface area contributed by atoms with Crippen LogP contribution in [0.25, 0.3) is 38.8 Å². The van der Waals surface area contributed by atoms with Crippen molar-refractivity contribution < 1.29 is 13.2 Å². The van der Waals surface area contributed by atoms with Gasteiger partial charge in [-0.15, -0.1) is 0 Å². The summed E-state index contributed by atoms with van der Waals surface area (Å²) in [6.07, 6.45) is -1.34. The molecule has 3 aromatic heterocycles. The Morgan fingerprint density at radius 3 is 2.44 bits per heavy atom. The first kappa shape index (κ1) is 19.8. The van der Waals surface area contributed by atoms with Gasteiger partial charge in [-0.2, -0.15) is 13.2 Å². The van der Waals surface area contributed by atoms with Crippen LogP contribution < -0.4 is 11.4 Å². The maximum absolute atomic E-state index is 13.3. The number of halogens is 3. The van der Waals surface area contributed by atoms with Crippen molar-refractivity contribution in [3.63, 3.8) is 0 Å². The van der Waals surface area contributed by atoms with Crippen LogP contribution >= 0.6 is 0 Å². The van der Waals surface area contributed by atoms with E-state index in [1.54, 1.807) is 31.6 Å². The van der Waals surface area contributed by atoms with E-state index in [2.05, 4.69) is 9.97 Å². The molecule has 0 amide bonds. The first-order chi connectivity index (χ1) is 15.2. The van der Waals surface area contributed by atoms with Crippen molar-refractivity contribution in [3.05, 3.63) is 83.0 Å². The molecular formula is C23H16F3N5O. The molecule has 6 nitrogen and oxygen atoms in total. The number of hydrogen-bond donors (Lipinski definition) is 1. The SMILES string of the molecule is Cn1c(=O)n(-c2cccc(C(F)(F)F)c2)c2c3cc(-c4ccc(N)nc4)ccc3ncc21. The summed E-state index contributed by atoms with van der Waals surface area (Å²) in [5.74, 6) is 0.389. The molecule has 2 N–H and O–H groups in total. The Labute approximate surface area is 179 Å². The fourth-order valence-electron chi connectivity index (χ4n) is 3.81. The molecule has 2 aromatic carbocycles. The highest BCUT2D eigenvalue weighted by Crippen LogP contribution is 2.33. The molecule has 5 rings (SSSR count). The summed E-state index contributed by atoms with van der Waals surface area (Å²) in [5, 5.41) is 0.631. The third kappa shape index (κ3) is 3.09. The van der Waals surface area contributed by atoms with E-state index >= 15 is 0 Å². The van der Waals surface area contributed by atoms with Gasteiger partial charge >= 0.3 is 11.9 Å². The average molecular weight is 435 g/mol. The summed E-state index contributed by atoms with van der Waals surface area (Å²) >= 11 is 0. The lowest BCUT2D eigenvalue weighted by atomic mass is 10.0. The molecule has 0 bridgehead atoms. The number of nitrogen functional groups attached to an aromatic ring is 1. The Morgan fingerprint density at radius 2 is 1.72 bits per heavy atom. The number of hydrogen-bond acceptors (Lipinski definition) is 4. The molecule has 0 saturated carbocycles. The standard InChI is InChI=1S/C23H16F3N5O/c1-30-19-12-28-18-7-5-13(14-6-8-20(27)29-11-14)9-17(18)21(19)31(22(30)32)16-4-2-3-15(10-16)23(24,25)26/h2-12H,1H3,(H2,27,29). The number of aryl methyl sites for hydroxylation is 1. The summed E-state index contributed by atoms with van der Waals surface area (Å²) in [6, 6.07) is 13.7. The molecule has 0 aliphatic carbocycles. The lowest BCUT2D eigenvalue weighted by Gasteiger charge is -2.11. The number of imidazole rings is 1. The van der Waals surface area contributed by atoms with E-state index in [1.807, 2.05) is 18.2 Å². The molecule has 0 radical (unpaired) electrons. The second-order valence-electron chi connectivity index (χ2n) is 7.42. The summed E-state index contributed by atoms with van der Waals surface area (Å²) < 4.78 is 42.6. The number of anilines is 1. The topological polar surface area (TPSA) is 78.7 Å². The fourth-order valence-corrected chi connectivity index (χ4v) is 3.81. The quantitative estimate of drug-likeness (QED) is 0.442. The minimum absolute atomic E-state index is 0.127. The molecule has 0 saturated heterocycles. The van der Waals surface area contributed by atoms with E-state index < -0.39 is 17.4 Å². The van der Waals surface area contributed by atoms with Crippen molar-refractivity contribution in [2.24, 2.45) is 7.05 Å². The molecule has 0 unspecified atom stereocenters. The minimum atomic E-state index is -4.52. The number of nitrogens with two attached hydrogens (primary N) is 1. The number of benzene rings is 2. The van der Waals surface area contributed by atoms with Crippen LogP contribution in [0.3, 0.4) is 0 Å². The predicted molar refractivity (Wildman–Crippen MR) is 116 cm³/mol. The first-order valence-electron chi connectivity index (χ1n) is 9.64. The lowest BCUT2D eigenvalue weighted by molar-refractivity contribution is -0.137. The molecular weight excluding hydrogens is 419 g/mol. The molecule has 160 valence electrons. The minimum Gasteiger partial charge on any atom is -0.384 e. The van der Waals surface area contributed by atoms with Crippen LogP contribution in [0, 0.1) is 0 Å². The van der Waals surface area contributed by atoms with Gasteiger partial charge in [-0.1, -0.05) is 12.1 Å². The van der Waals surface area contributed by atoms with Crippen LogP contribution in [-0.2, 0) is 13.2 Å². The fraction of sp³-hybridized carbons (Fsp3) is 0.0870. The Morgan fingerprint density at radius 1 is 0.938 bits per heavy atom. The number of pyridine rings is 2. The van der Waals surface area contributed by atoms with Crippen molar-refractivity contribution >= 4 is 27.8 Å². The summed E-state index contributed by atoms with van der Waals surface area (Å²) in [6.45, 7) is 0. The zero-order valence-electron chi connectivity index (χ0n) is 16.8. The summed E-state index contributed by atoms with van der Waals surface area (Å²) in [4.78, 5) is 21.6. The van der Waals surface area contributed by atoms with Crippen LogP contribution in [0.2, 0.25) is 0 Å². The normalized spacial score (nSPS) is 12.0. The zero-order chi connectivity index (χ0) is 22.6. The number of nitrogens with zero attached hydrogens (tertiary/aromatic N) is 4. The number of alkyl halides is 3. The van der Waals surface area contributed by atoms with Crippen LogP contribution in [0.4, 0.5) is 19.0 Å². The van der Waals surface area contributed by atoms with Gasteiger partial charge in [0.25, 0.3) is 0 Å². The van der Waals surface area contributed by atoms with E-state index in [0.29, 0.717) is 27.8 Å². The van der Waals surface area contributed by atoms with Gasteiger partial charge in [-0.05, 0) is 48.0 Å². The van der Waals surface area contributed by atoms with Gasteiger partial charge in [0.15, 0.2) is 0 Å². The van der Waals surface area contributed by atoms with E-state index in [4.69, 9.17) is 5.73 Å². The largest absolute Gasteiger partial charge is 0.416 e. The van der Waals surface area contributed by atoms with Gasteiger partial charge < -0.3 is 5.73 Å². The molecule has 32 heavy (non-hydrogen) atoms. The molecule has 9 heteroatoms. The third-order valence-corrected chi connectivity index (χ3v) is 5.43. The second kappa shape index (κ2) is 6.94. The van der Waals surface area contributed by atoms with Crippen LogP contribution in [0.15, 0.2) is 71.8 Å². The third-order valence-electron chi connectivity index (χ3n) is 5.43. The van der Waals surface area contributed by atoms with Gasteiger partial charge in [0, 0.05) is 24.2 Å². The Kier molecular flexibility index (Phi) is 4.30. The average Bonchev–Trinajstić information content (AvgIpc) is 3.04. The molecule has 5 aromatic rings. The summed E-state index contributed by atoms with van der Waals surface area (Å²) in [7, 11) is 1.57. The van der Waals surface area contributed by atoms with Crippen molar-refractivity contribution in [3.8, 4) is 16.8 Å². The first-order valence-corrected chi connectivity index (χ1v) is 9.64. The van der Waals surface area contributed by atoms with Gasteiger partial charge in [-0.25, -0.2) is 9.78 Å². The lowest BCUT2D eigenvalue weighted by Crippen LogP contribution is -2.21. The van der Waals surface area contributed by atoms with E-state index in [9.17, 15) is 18.0 Å². The highest BCUT2D eigenvalue weighted by molar-refractivity contribution is 6.04. The molecule has 0 aliphatic heterocycles. The van der Waals surface area contributed by atoms with Gasteiger partial charge in [-0.3, -0.25) is 14.1 Å². The molecule has 3 heterocycles. The van der Waals surface area contributed by atoms with Crippen molar-refractivity contribution in [1.82, 2.24) is 19.1 Å². The van der Waals surface area contributed by atoms with Crippen molar-refractivity contribution in [1.29, 1.82) is 0 Å². The van der Waals surface area contributed by atoms with E-state index in [-0.39, 0.29) is 5.69 Å². The Balaban J connectivity index is 1.84. The maximum atomic E-state index is 13.3. The van der Waals surface area contributed by atoms with E-state index in [0.717, 1.165) is 23.3 Å². The molecule has 0 aliphatic rings. The van der Waals surface area contributed by atoms with Crippen LogP contribution in [-0.4, -0.2) is 19.1 Å². The predicted octanol–water partition coefficient (Wildman–Crippen LogP) is 4.54. The highest BCUT2D eigenvalue weighted by Gasteiger charge is 2.31. The molecule has 0 fully saturated rings. The summed E-state index contributed by atoms with van der Waals surface area (Å²) in [5.41, 5.74) is 7.72. The number of aromatic nitrogens is 4. The van der Waals surface area contributed by atoms with Crippen LogP contribution in [0.1, 0.15) is 5.56 Å². The number of fused-ring (bicyclic) bond motifs is 3. The zero-order valence-corrected chi connectivity index (χ0v) is 16.8. The Bertz CT molecular complexity index is 1550. The van der Waals surface area contributed by atoms with E-state index in [1.165, 1.54) is 21.3 Å². The second-order valence-corrected chi connectivity index (χ2v) is 7.42. The molecule has 0 spiro atoms. The van der Waals surface area contributed by atoms with Gasteiger partial charge in [0.05, 0.1) is 34.0 Å². The number of rotatable bonds is 2. The Hall–Kier alpha value is -4.14. The van der Waals surface area contributed by atoms with Gasteiger partial charge in [0.1, 0.15) is 5.82 Å². The highest BCUT2D eigenvalue weighted by atomic mass is 19.4. The smallest absolute Gasteiger partial charge is 0.384 e. The van der Waals surface area contributed by atoms with Crippen molar-refractivity contribution in [2.45, 2.75) is 6.18 Å². The van der Waals surface area contributed by atoms with Crippen LogP contribution in [0.5, 0.6) is 0 Å². The monoisotopic (exact) mass is 435 g/mol.